The molecule has 1 saturated heterocycles. The summed E-state index contributed by atoms with van der Waals surface area (Å²) in [6.45, 7) is 10.4. The number of thiophene rings is 1. The van der Waals surface area contributed by atoms with Crippen LogP contribution in [0.1, 0.15) is 51.3 Å². The standard InChI is InChI=1S/C17H27ClN2S/c1-16(2,3)14-10-19-17(8-4-5-9-17)12-20(14)11-13-6-7-15(18)21-13/h6-7,14,19H,4-5,8-12H2,1-3H3. The normalized spacial score (nSPS) is 26.6. The Labute approximate surface area is 137 Å². The maximum absolute atomic E-state index is 6.11. The van der Waals surface area contributed by atoms with Crippen LogP contribution in [-0.4, -0.2) is 29.6 Å². The van der Waals surface area contributed by atoms with E-state index in [1.807, 2.05) is 6.07 Å². The number of hydrogen-bond acceptors (Lipinski definition) is 3. The summed E-state index contributed by atoms with van der Waals surface area (Å²) in [6, 6.07) is 4.81. The average molecular weight is 327 g/mol. The van der Waals surface area contributed by atoms with Crippen molar-refractivity contribution in [3.05, 3.63) is 21.3 Å². The fourth-order valence-electron chi connectivity index (χ4n) is 4.04. The maximum Gasteiger partial charge on any atom is 0.0931 e. The van der Waals surface area contributed by atoms with Gasteiger partial charge in [0.25, 0.3) is 0 Å². The highest BCUT2D eigenvalue weighted by atomic mass is 35.5. The second kappa shape index (κ2) is 5.84. The number of halogens is 1. The Balaban J connectivity index is 1.79. The molecule has 21 heavy (non-hydrogen) atoms. The predicted molar refractivity (Wildman–Crippen MR) is 92.2 cm³/mol. The lowest BCUT2D eigenvalue weighted by molar-refractivity contribution is 0.0186. The molecule has 4 heteroatoms. The summed E-state index contributed by atoms with van der Waals surface area (Å²) >= 11 is 7.84. The molecular formula is C17H27ClN2S. The molecule has 2 heterocycles. The highest BCUT2D eigenvalue weighted by Gasteiger charge is 2.44. The molecule has 0 aromatic carbocycles. The van der Waals surface area contributed by atoms with E-state index >= 15 is 0 Å². The monoisotopic (exact) mass is 326 g/mol. The van der Waals surface area contributed by atoms with Gasteiger partial charge in [0.2, 0.25) is 0 Å². The lowest BCUT2D eigenvalue weighted by Crippen LogP contribution is -2.65. The van der Waals surface area contributed by atoms with Gasteiger partial charge >= 0.3 is 0 Å². The molecule has 3 rings (SSSR count). The summed E-state index contributed by atoms with van der Waals surface area (Å²) in [4.78, 5) is 4.11. The van der Waals surface area contributed by atoms with Crippen LogP contribution >= 0.6 is 22.9 Å². The van der Waals surface area contributed by atoms with Gasteiger partial charge < -0.3 is 5.32 Å². The molecule has 0 radical (unpaired) electrons. The van der Waals surface area contributed by atoms with Crippen LogP contribution in [0.25, 0.3) is 0 Å². The van der Waals surface area contributed by atoms with E-state index in [1.54, 1.807) is 11.3 Å². The number of piperazine rings is 1. The molecule has 0 bridgehead atoms. The minimum atomic E-state index is 0.300. The highest BCUT2D eigenvalue weighted by molar-refractivity contribution is 7.16. The lowest BCUT2D eigenvalue weighted by atomic mass is 9.81. The molecular weight excluding hydrogens is 300 g/mol. The van der Waals surface area contributed by atoms with E-state index < -0.39 is 0 Å². The summed E-state index contributed by atoms with van der Waals surface area (Å²) in [5, 5.41) is 3.91. The van der Waals surface area contributed by atoms with Gasteiger partial charge in [0.05, 0.1) is 4.34 Å². The van der Waals surface area contributed by atoms with Crippen molar-refractivity contribution in [3.63, 3.8) is 0 Å². The number of rotatable bonds is 2. The van der Waals surface area contributed by atoms with Crippen molar-refractivity contribution in [2.24, 2.45) is 5.41 Å². The van der Waals surface area contributed by atoms with Crippen LogP contribution in [0, 0.1) is 5.41 Å². The Bertz CT molecular complexity index is 485. The van der Waals surface area contributed by atoms with Crippen LogP contribution in [0.15, 0.2) is 12.1 Å². The molecule has 2 aliphatic rings. The fraction of sp³-hybridized carbons (Fsp3) is 0.765. The van der Waals surface area contributed by atoms with E-state index in [0.29, 0.717) is 17.0 Å². The molecule has 1 saturated carbocycles. The molecule has 1 N–H and O–H groups in total. The minimum Gasteiger partial charge on any atom is -0.308 e. The zero-order chi connectivity index (χ0) is 15.1. The molecule has 1 unspecified atom stereocenters. The Morgan fingerprint density at radius 3 is 2.62 bits per heavy atom. The van der Waals surface area contributed by atoms with Crippen LogP contribution in [0.2, 0.25) is 4.34 Å². The first kappa shape index (κ1) is 15.8. The van der Waals surface area contributed by atoms with Crippen molar-refractivity contribution in [2.45, 2.75) is 64.6 Å². The lowest BCUT2D eigenvalue weighted by Gasteiger charge is -2.50. The first-order valence-electron chi connectivity index (χ1n) is 8.11. The summed E-state index contributed by atoms with van der Waals surface area (Å²) in [5.41, 5.74) is 0.678. The topological polar surface area (TPSA) is 15.3 Å². The molecule has 2 nitrogen and oxygen atoms in total. The second-order valence-electron chi connectivity index (χ2n) is 7.86. The van der Waals surface area contributed by atoms with Gasteiger partial charge in [-0.2, -0.15) is 0 Å². The first-order chi connectivity index (χ1) is 9.88. The third kappa shape index (κ3) is 3.47. The largest absolute Gasteiger partial charge is 0.308 e. The molecule has 0 amide bonds. The van der Waals surface area contributed by atoms with Crippen molar-refractivity contribution < 1.29 is 0 Å². The Kier molecular flexibility index (Phi) is 4.39. The highest BCUT2D eigenvalue weighted by Crippen LogP contribution is 2.38. The number of nitrogens with one attached hydrogen (secondary N) is 1. The molecule has 118 valence electrons. The molecule has 1 atom stereocenters. The quantitative estimate of drug-likeness (QED) is 0.858. The maximum atomic E-state index is 6.11. The first-order valence-corrected chi connectivity index (χ1v) is 9.31. The predicted octanol–water partition coefficient (Wildman–Crippen LogP) is 4.53. The smallest absolute Gasteiger partial charge is 0.0931 e. The number of nitrogens with zero attached hydrogens (tertiary/aromatic N) is 1. The summed E-state index contributed by atoms with van der Waals surface area (Å²) in [5.74, 6) is 0. The zero-order valence-electron chi connectivity index (χ0n) is 13.4. The average Bonchev–Trinajstić information content (AvgIpc) is 2.98. The molecule has 1 aromatic heterocycles. The summed E-state index contributed by atoms with van der Waals surface area (Å²) in [6.07, 6.45) is 5.44. The Hall–Kier alpha value is -0.0900. The summed E-state index contributed by atoms with van der Waals surface area (Å²) in [7, 11) is 0. The van der Waals surface area contributed by atoms with E-state index in [4.69, 9.17) is 11.6 Å². The van der Waals surface area contributed by atoms with Crippen molar-refractivity contribution in [2.75, 3.05) is 13.1 Å². The van der Waals surface area contributed by atoms with E-state index in [0.717, 1.165) is 17.4 Å². The minimum absolute atomic E-state index is 0.300. The fourth-order valence-corrected chi connectivity index (χ4v) is 5.15. The van der Waals surface area contributed by atoms with Crippen LogP contribution in [0.3, 0.4) is 0 Å². The van der Waals surface area contributed by atoms with E-state index in [-0.39, 0.29) is 0 Å². The van der Waals surface area contributed by atoms with Gasteiger partial charge in [-0.25, -0.2) is 0 Å². The molecule has 2 fully saturated rings. The van der Waals surface area contributed by atoms with Gasteiger partial charge in [0, 0.05) is 36.1 Å². The Morgan fingerprint density at radius 2 is 2.05 bits per heavy atom. The van der Waals surface area contributed by atoms with Crippen molar-refractivity contribution in [3.8, 4) is 0 Å². The second-order valence-corrected chi connectivity index (χ2v) is 9.66. The summed E-state index contributed by atoms with van der Waals surface area (Å²) < 4.78 is 0.906. The van der Waals surface area contributed by atoms with Gasteiger partial charge in [-0.1, -0.05) is 45.2 Å². The van der Waals surface area contributed by atoms with Gasteiger partial charge in [0.15, 0.2) is 0 Å². The molecule has 1 aromatic rings. The third-order valence-corrected chi connectivity index (χ3v) is 6.38. The SMILES string of the molecule is CC(C)(C)C1CNC2(CCCC2)CN1Cc1ccc(Cl)s1. The van der Waals surface area contributed by atoms with E-state index in [1.165, 1.54) is 37.1 Å². The molecule has 1 aliphatic heterocycles. The number of hydrogen-bond donors (Lipinski definition) is 1. The van der Waals surface area contributed by atoms with Gasteiger partial charge in [-0.3, -0.25) is 4.90 Å². The zero-order valence-corrected chi connectivity index (χ0v) is 15.0. The molecule has 1 spiro atoms. The van der Waals surface area contributed by atoms with Gasteiger partial charge in [-0.05, 0) is 30.4 Å². The van der Waals surface area contributed by atoms with E-state index in [9.17, 15) is 0 Å². The van der Waals surface area contributed by atoms with E-state index in [2.05, 4.69) is 37.1 Å². The van der Waals surface area contributed by atoms with Crippen LogP contribution in [0.5, 0.6) is 0 Å². The van der Waals surface area contributed by atoms with Crippen LogP contribution in [0.4, 0.5) is 0 Å². The van der Waals surface area contributed by atoms with Crippen LogP contribution < -0.4 is 5.32 Å². The van der Waals surface area contributed by atoms with Crippen molar-refractivity contribution >= 4 is 22.9 Å². The van der Waals surface area contributed by atoms with Gasteiger partial charge in [-0.15, -0.1) is 11.3 Å². The third-order valence-electron chi connectivity index (χ3n) is 5.17. The van der Waals surface area contributed by atoms with Crippen molar-refractivity contribution in [1.29, 1.82) is 0 Å². The molecule has 1 aliphatic carbocycles. The van der Waals surface area contributed by atoms with Crippen molar-refractivity contribution in [1.82, 2.24) is 10.2 Å². The van der Waals surface area contributed by atoms with Crippen LogP contribution in [-0.2, 0) is 6.54 Å². The Morgan fingerprint density at radius 1 is 1.33 bits per heavy atom. The van der Waals surface area contributed by atoms with Gasteiger partial charge in [0.1, 0.15) is 0 Å².